The number of nitrogens with one attached hydrogen (secondary N) is 2. The van der Waals surface area contributed by atoms with Crippen molar-refractivity contribution in [3.8, 4) is 0 Å². The maximum atomic E-state index is 12.2. The Morgan fingerprint density at radius 2 is 1.78 bits per heavy atom. The lowest BCUT2D eigenvalue weighted by Crippen LogP contribution is -2.22. The average Bonchev–Trinajstić information content (AvgIpc) is 3.27. The molecule has 2 heterocycles. The number of hydrogen-bond donors (Lipinski definition) is 2. The molecule has 8 heteroatoms. The summed E-state index contributed by atoms with van der Waals surface area (Å²) in [6.45, 7) is 0.303. The van der Waals surface area contributed by atoms with E-state index >= 15 is 0 Å². The van der Waals surface area contributed by atoms with Crippen LogP contribution in [0.2, 0.25) is 0 Å². The topological polar surface area (TPSA) is 101 Å². The van der Waals surface area contributed by atoms with E-state index in [9.17, 15) is 13.2 Å². The summed E-state index contributed by atoms with van der Waals surface area (Å²) in [5.74, 6) is 0.699. The van der Waals surface area contributed by atoms with Gasteiger partial charge in [0.1, 0.15) is 10.7 Å². The smallest absolute Gasteiger partial charge is 0.285 e. The Bertz CT molecular complexity index is 1120. The Kier molecular flexibility index (Phi) is 4.25. The zero-order chi connectivity index (χ0) is 18.9. The molecule has 136 valence electrons. The van der Waals surface area contributed by atoms with Crippen LogP contribution in [0.1, 0.15) is 21.7 Å². The predicted octanol–water partition coefficient (Wildman–Crippen LogP) is 2.77. The number of nitrogens with zero attached hydrogens (tertiary/aromatic N) is 1. The number of carbonyl (C=O) groups excluding carboxylic acids is 1. The van der Waals surface area contributed by atoms with Crippen molar-refractivity contribution in [2.24, 2.45) is 4.40 Å². The maximum absolute atomic E-state index is 12.2. The van der Waals surface area contributed by atoms with Gasteiger partial charge in [-0.1, -0.05) is 12.1 Å². The molecule has 2 aromatic carbocycles. The summed E-state index contributed by atoms with van der Waals surface area (Å²) in [7, 11) is -3.67. The second kappa shape index (κ2) is 6.73. The van der Waals surface area contributed by atoms with E-state index in [2.05, 4.69) is 15.0 Å². The summed E-state index contributed by atoms with van der Waals surface area (Å²) < 4.78 is 33.1. The number of sulfonamides is 1. The molecule has 1 amide bonds. The fourth-order valence-corrected chi connectivity index (χ4v) is 3.90. The van der Waals surface area contributed by atoms with E-state index in [4.69, 9.17) is 4.42 Å². The molecule has 0 aliphatic carbocycles. The first-order valence-electron chi connectivity index (χ1n) is 8.15. The molecule has 0 unspecified atom stereocenters. The molecule has 27 heavy (non-hydrogen) atoms. The number of fused-ring (bicyclic) bond motifs is 1. The fraction of sp³-hybridized carbons (Fsp3) is 0.0526. The number of amidine groups is 1. The number of carbonyl (C=O) groups is 1. The van der Waals surface area contributed by atoms with Crippen LogP contribution in [-0.4, -0.2) is 20.2 Å². The summed E-state index contributed by atoms with van der Waals surface area (Å²) in [6.07, 6.45) is 1.55. The van der Waals surface area contributed by atoms with Crippen molar-refractivity contribution in [1.82, 2.24) is 5.32 Å². The first-order chi connectivity index (χ1) is 13.0. The van der Waals surface area contributed by atoms with Crippen LogP contribution in [0.3, 0.4) is 0 Å². The molecule has 2 N–H and O–H groups in total. The van der Waals surface area contributed by atoms with Crippen molar-refractivity contribution >= 4 is 27.5 Å². The van der Waals surface area contributed by atoms with Crippen LogP contribution in [0, 0.1) is 0 Å². The van der Waals surface area contributed by atoms with E-state index in [0.717, 1.165) is 0 Å². The molecule has 1 aliphatic heterocycles. The van der Waals surface area contributed by atoms with Gasteiger partial charge in [0.15, 0.2) is 5.84 Å². The molecule has 0 bridgehead atoms. The average molecular weight is 381 g/mol. The highest BCUT2D eigenvalue weighted by Gasteiger charge is 2.28. The Labute approximate surface area is 155 Å². The Morgan fingerprint density at radius 1 is 1.00 bits per heavy atom. The van der Waals surface area contributed by atoms with Crippen molar-refractivity contribution in [3.05, 3.63) is 83.8 Å². The highest BCUT2D eigenvalue weighted by atomic mass is 32.2. The molecule has 0 spiro atoms. The number of hydrogen-bond acceptors (Lipinski definition) is 5. The lowest BCUT2D eigenvalue weighted by molar-refractivity contribution is 0.0948. The minimum Gasteiger partial charge on any atom is -0.467 e. The molecule has 0 saturated heterocycles. The standard InChI is InChI=1S/C19H15N3O4S/c23-19(20-12-15-4-3-11-26-15)13-7-9-14(10-8-13)21-18-16-5-1-2-6-17(16)27(24,25)22-18/h1-11H,12H2,(H,20,23)(H,21,22). The molecule has 4 rings (SSSR count). The maximum Gasteiger partial charge on any atom is 0.285 e. The van der Waals surface area contributed by atoms with E-state index in [1.807, 2.05) is 0 Å². The second-order valence-electron chi connectivity index (χ2n) is 5.88. The van der Waals surface area contributed by atoms with Crippen LogP contribution < -0.4 is 10.6 Å². The molecule has 7 nitrogen and oxygen atoms in total. The number of anilines is 1. The van der Waals surface area contributed by atoms with Crippen LogP contribution in [0.15, 0.2) is 80.6 Å². The van der Waals surface area contributed by atoms with Gasteiger partial charge in [0.2, 0.25) is 0 Å². The lowest BCUT2D eigenvalue weighted by Gasteiger charge is -2.08. The highest BCUT2D eigenvalue weighted by molar-refractivity contribution is 7.90. The first-order valence-corrected chi connectivity index (χ1v) is 9.59. The summed E-state index contributed by atoms with van der Waals surface area (Å²) in [5, 5.41) is 5.76. The monoisotopic (exact) mass is 381 g/mol. The fourth-order valence-electron chi connectivity index (χ4n) is 2.72. The Hall–Kier alpha value is -3.39. The molecular weight excluding hydrogens is 366 g/mol. The minimum atomic E-state index is -3.67. The lowest BCUT2D eigenvalue weighted by atomic mass is 10.1. The van der Waals surface area contributed by atoms with E-state index in [-0.39, 0.29) is 16.6 Å². The SMILES string of the molecule is O=C(NCc1ccco1)c1ccc(NC2=NS(=O)(=O)c3ccccc32)cc1. The van der Waals surface area contributed by atoms with E-state index in [1.165, 1.54) is 6.07 Å². The molecule has 1 aromatic heterocycles. The summed E-state index contributed by atoms with van der Waals surface area (Å²) >= 11 is 0. The van der Waals surface area contributed by atoms with Crippen molar-refractivity contribution < 1.29 is 17.6 Å². The van der Waals surface area contributed by atoms with Crippen molar-refractivity contribution in [1.29, 1.82) is 0 Å². The van der Waals surface area contributed by atoms with Gasteiger partial charge in [-0.15, -0.1) is 4.40 Å². The van der Waals surface area contributed by atoms with E-state index in [0.29, 0.717) is 29.1 Å². The van der Waals surface area contributed by atoms with Gasteiger partial charge in [-0.3, -0.25) is 4.79 Å². The Morgan fingerprint density at radius 3 is 2.52 bits per heavy atom. The molecular formula is C19H15N3O4S. The van der Waals surface area contributed by atoms with Crippen LogP contribution in [0.25, 0.3) is 0 Å². The minimum absolute atomic E-state index is 0.182. The molecule has 1 aliphatic rings. The number of amides is 1. The van der Waals surface area contributed by atoms with Gasteiger partial charge >= 0.3 is 0 Å². The molecule has 3 aromatic rings. The van der Waals surface area contributed by atoms with Crippen LogP contribution in [0.5, 0.6) is 0 Å². The third-order valence-corrected chi connectivity index (χ3v) is 5.38. The van der Waals surface area contributed by atoms with Gasteiger partial charge in [0.25, 0.3) is 15.9 Å². The van der Waals surface area contributed by atoms with Crippen molar-refractivity contribution in [3.63, 3.8) is 0 Å². The van der Waals surface area contributed by atoms with Crippen LogP contribution >= 0.6 is 0 Å². The summed E-state index contributed by atoms with van der Waals surface area (Å²) in [5.41, 5.74) is 1.63. The quantitative estimate of drug-likeness (QED) is 0.724. The third kappa shape index (κ3) is 3.47. The van der Waals surface area contributed by atoms with E-state index in [1.54, 1.807) is 60.9 Å². The second-order valence-corrected chi connectivity index (χ2v) is 7.45. The molecule has 0 radical (unpaired) electrons. The number of furan rings is 1. The van der Waals surface area contributed by atoms with Crippen LogP contribution in [0.4, 0.5) is 5.69 Å². The molecule has 0 atom stereocenters. The third-order valence-electron chi connectivity index (χ3n) is 4.04. The van der Waals surface area contributed by atoms with Gasteiger partial charge in [0, 0.05) is 16.8 Å². The largest absolute Gasteiger partial charge is 0.467 e. The summed E-state index contributed by atoms with van der Waals surface area (Å²) in [4.78, 5) is 12.4. The van der Waals surface area contributed by atoms with Gasteiger partial charge in [0.05, 0.1) is 12.8 Å². The van der Waals surface area contributed by atoms with Gasteiger partial charge in [-0.25, -0.2) is 0 Å². The predicted molar refractivity (Wildman–Crippen MR) is 100 cm³/mol. The normalized spacial score (nSPS) is 14.3. The first kappa shape index (κ1) is 17.0. The number of benzene rings is 2. The van der Waals surface area contributed by atoms with Crippen molar-refractivity contribution in [2.75, 3.05) is 5.32 Å². The van der Waals surface area contributed by atoms with Crippen molar-refractivity contribution in [2.45, 2.75) is 11.4 Å². The zero-order valence-electron chi connectivity index (χ0n) is 14.0. The van der Waals surface area contributed by atoms with Gasteiger partial charge in [-0.2, -0.15) is 8.42 Å². The summed E-state index contributed by atoms with van der Waals surface area (Å²) in [6, 6.07) is 16.8. The number of rotatable bonds is 4. The Balaban J connectivity index is 1.46. The van der Waals surface area contributed by atoms with Gasteiger partial charge < -0.3 is 15.1 Å². The van der Waals surface area contributed by atoms with Crippen LogP contribution in [-0.2, 0) is 16.6 Å². The zero-order valence-corrected chi connectivity index (χ0v) is 14.9. The van der Waals surface area contributed by atoms with Gasteiger partial charge in [-0.05, 0) is 48.5 Å². The molecule has 0 saturated carbocycles. The van der Waals surface area contributed by atoms with E-state index < -0.39 is 10.0 Å². The molecule has 0 fully saturated rings. The highest BCUT2D eigenvalue weighted by Crippen LogP contribution is 2.26.